The summed E-state index contributed by atoms with van der Waals surface area (Å²) in [5.74, 6) is -1.16. The molecular weight excluding hydrogens is 266 g/mol. The van der Waals surface area contributed by atoms with Gasteiger partial charge in [0.15, 0.2) is 0 Å². The van der Waals surface area contributed by atoms with Gasteiger partial charge in [0.05, 0.1) is 12.0 Å². The number of nitrogens with zero attached hydrogens (tertiary/aromatic N) is 3. The van der Waals surface area contributed by atoms with Gasteiger partial charge in [-0.25, -0.2) is 9.59 Å². The third-order valence-electron chi connectivity index (χ3n) is 3.23. The molecule has 0 bridgehead atoms. The Balaban J connectivity index is 2.93. The highest BCUT2D eigenvalue weighted by Gasteiger charge is 2.20. The van der Waals surface area contributed by atoms with E-state index in [9.17, 15) is 19.5 Å². The molecule has 0 aliphatic carbocycles. The van der Waals surface area contributed by atoms with Crippen LogP contribution in [0.5, 0.6) is 0 Å². The first-order valence-corrected chi connectivity index (χ1v) is 5.91. The van der Waals surface area contributed by atoms with Crippen molar-refractivity contribution in [3.8, 4) is 0 Å². The van der Waals surface area contributed by atoms with Gasteiger partial charge in [-0.15, -0.1) is 0 Å². The summed E-state index contributed by atoms with van der Waals surface area (Å²) >= 11 is 0. The highest BCUT2D eigenvalue weighted by atomic mass is 16.5. The van der Waals surface area contributed by atoms with E-state index in [0.29, 0.717) is 0 Å². The van der Waals surface area contributed by atoms with E-state index in [4.69, 9.17) is 4.74 Å². The number of hydrogen-bond donors (Lipinski definition) is 1. The summed E-state index contributed by atoms with van der Waals surface area (Å²) in [4.78, 5) is 35.3. The van der Waals surface area contributed by atoms with Gasteiger partial charge in [-0.3, -0.25) is 13.9 Å². The molecule has 108 valence electrons. The highest BCUT2D eigenvalue weighted by Crippen LogP contribution is 2.15. The second kappa shape index (κ2) is 4.97. The fourth-order valence-corrected chi connectivity index (χ4v) is 2.23. The lowest BCUT2D eigenvalue weighted by atomic mass is 10.3. The smallest absolute Gasteiger partial charge is 0.352 e. The van der Waals surface area contributed by atoms with Gasteiger partial charge < -0.3 is 14.4 Å². The van der Waals surface area contributed by atoms with Crippen molar-refractivity contribution in [2.75, 3.05) is 13.7 Å². The molecule has 1 N–H and O–H groups in total. The average Bonchev–Trinajstić information content (AvgIpc) is 2.80. The SMILES string of the molecule is COCCn1c(C(=O)O)cc2c(=O)n(C)c(=O)n(C)c21. The third kappa shape index (κ3) is 1.94. The lowest BCUT2D eigenvalue weighted by molar-refractivity contribution is 0.0683. The summed E-state index contributed by atoms with van der Waals surface area (Å²) in [6.07, 6.45) is 0. The zero-order valence-corrected chi connectivity index (χ0v) is 11.4. The van der Waals surface area contributed by atoms with Crippen molar-refractivity contribution >= 4 is 17.0 Å². The molecule has 0 atom stereocenters. The van der Waals surface area contributed by atoms with Crippen LogP contribution in [0.1, 0.15) is 10.5 Å². The van der Waals surface area contributed by atoms with Crippen LogP contribution in [0.2, 0.25) is 0 Å². The number of fused-ring (bicyclic) bond motifs is 1. The Morgan fingerprint density at radius 2 is 1.95 bits per heavy atom. The largest absolute Gasteiger partial charge is 0.477 e. The lowest BCUT2D eigenvalue weighted by Gasteiger charge is -2.10. The molecule has 0 radical (unpaired) electrons. The molecule has 20 heavy (non-hydrogen) atoms. The molecule has 0 fully saturated rings. The fraction of sp³-hybridized carbons (Fsp3) is 0.417. The Kier molecular flexibility index (Phi) is 3.49. The van der Waals surface area contributed by atoms with E-state index in [-0.39, 0.29) is 29.9 Å². The predicted octanol–water partition coefficient (Wildman–Crippen LogP) is -0.617. The van der Waals surface area contributed by atoms with E-state index in [0.717, 1.165) is 4.57 Å². The molecule has 0 aliphatic heterocycles. The zero-order valence-electron chi connectivity index (χ0n) is 11.4. The third-order valence-corrected chi connectivity index (χ3v) is 3.23. The number of carboxylic acids is 1. The summed E-state index contributed by atoms with van der Waals surface area (Å²) in [6.45, 7) is 0.509. The van der Waals surface area contributed by atoms with Gasteiger partial charge in [-0.05, 0) is 6.07 Å². The van der Waals surface area contributed by atoms with Crippen molar-refractivity contribution in [1.29, 1.82) is 0 Å². The van der Waals surface area contributed by atoms with Crippen LogP contribution in [0.25, 0.3) is 11.0 Å². The molecular formula is C12H15N3O5. The molecule has 8 heteroatoms. The number of aryl methyl sites for hydroxylation is 1. The second-order valence-electron chi connectivity index (χ2n) is 4.42. The number of rotatable bonds is 4. The minimum atomic E-state index is -1.16. The highest BCUT2D eigenvalue weighted by molar-refractivity contribution is 5.93. The number of carbonyl (C=O) groups is 1. The standard InChI is InChI=1S/C12H15N3O5/c1-13-9-7(10(16)14(2)12(13)19)6-8(11(17)18)15(9)4-5-20-3/h6H,4-5H2,1-3H3,(H,17,18). The number of ether oxygens (including phenoxy) is 1. The second-order valence-corrected chi connectivity index (χ2v) is 4.42. The Morgan fingerprint density at radius 3 is 2.50 bits per heavy atom. The quantitative estimate of drug-likeness (QED) is 0.806. The van der Waals surface area contributed by atoms with Crippen molar-refractivity contribution in [2.45, 2.75) is 6.54 Å². The minimum absolute atomic E-state index is 0.0460. The Bertz CT molecular complexity index is 796. The van der Waals surface area contributed by atoms with Gasteiger partial charge in [-0.1, -0.05) is 0 Å². The first-order chi connectivity index (χ1) is 9.40. The first-order valence-electron chi connectivity index (χ1n) is 5.91. The van der Waals surface area contributed by atoms with Crippen molar-refractivity contribution in [3.05, 3.63) is 32.6 Å². The van der Waals surface area contributed by atoms with Gasteiger partial charge >= 0.3 is 11.7 Å². The molecule has 0 spiro atoms. The van der Waals surface area contributed by atoms with Crippen molar-refractivity contribution in [1.82, 2.24) is 13.7 Å². The van der Waals surface area contributed by atoms with Crippen LogP contribution in [0.4, 0.5) is 0 Å². The molecule has 0 saturated carbocycles. The van der Waals surface area contributed by atoms with Crippen LogP contribution in [-0.2, 0) is 25.4 Å². The molecule has 0 aromatic carbocycles. The molecule has 8 nitrogen and oxygen atoms in total. The number of aromatic carboxylic acids is 1. The Hall–Kier alpha value is -2.35. The van der Waals surface area contributed by atoms with Crippen LogP contribution in [0, 0.1) is 0 Å². The predicted molar refractivity (Wildman–Crippen MR) is 71.3 cm³/mol. The van der Waals surface area contributed by atoms with Gasteiger partial charge in [0.1, 0.15) is 11.3 Å². The first kappa shape index (κ1) is 14.1. The summed E-state index contributed by atoms with van der Waals surface area (Å²) in [6, 6.07) is 1.29. The topological polar surface area (TPSA) is 95.5 Å². The van der Waals surface area contributed by atoms with Crippen molar-refractivity contribution in [2.24, 2.45) is 14.1 Å². The summed E-state index contributed by atoms with van der Waals surface area (Å²) < 4.78 is 8.56. The van der Waals surface area contributed by atoms with Gasteiger partial charge in [0.25, 0.3) is 5.56 Å². The Morgan fingerprint density at radius 1 is 1.30 bits per heavy atom. The fourth-order valence-electron chi connectivity index (χ4n) is 2.23. The number of methoxy groups -OCH3 is 1. The molecule has 2 rings (SSSR count). The van der Waals surface area contributed by atoms with E-state index in [1.54, 1.807) is 0 Å². The number of hydrogen-bond acceptors (Lipinski definition) is 4. The monoisotopic (exact) mass is 281 g/mol. The minimum Gasteiger partial charge on any atom is -0.477 e. The van der Waals surface area contributed by atoms with Crippen LogP contribution < -0.4 is 11.2 Å². The lowest BCUT2D eigenvalue weighted by Crippen LogP contribution is -2.37. The van der Waals surface area contributed by atoms with Gasteiger partial charge in [-0.2, -0.15) is 0 Å². The molecule has 0 aliphatic rings. The van der Waals surface area contributed by atoms with E-state index in [1.807, 2.05) is 0 Å². The van der Waals surface area contributed by atoms with E-state index >= 15 is 0 Å². The normalized spacial score (nSPS) is 11.2. The van der Waals surface area contributed by atoms with Crippen molar-refractivity contribution < 1.29 is 14.6 Å². The Labute approximate surface area is 113 Å². The van der Waals surface area contributed by atoms with Crippen LogP contribution in [0.15, 0.2) is 15.7 Å². The van der Waals surface area contributed by atoms with Crippen LogP contribution >= 0.6 is 0 Å². The number of aromatic nitrogens is 3. The van der Waals surface area contributed by atoms with Crippen LogP contribution in [-0.4, -0.2) is 38.5 Å². The summed E-state index contributed by atoms with van der Waals surface area (Å²) in [5.41, 5.74) is -0.777. The maximum Gasteiger partial charge on any atom is 0.352 e. The average molecular weight is 281 g/mol. The molecule has 0 saturated heterocycles. The molecule has 2 aromatic heterocycles. The maximum atomic E-state index is 12.1. The van der Waals surface area contributed by atoms with E-state index in [2.05, 4.69) is 0 Å². The van der Waals surface area contributed by atoms with E-state index < -0.39 is 17.2 Å². The number of carboxylic acid groups (broad SMARTS) is 1. The molecule has 0 unspecified atom stereocenters. The zero-order chi connectivity index (χ0) is 15.0. The molecule has 0 amide bonds. The summed E-state index contributed by atoms with van der Waals surface area (Å²) in [7, 11) is 4.35. The van der Waals surface area contributed by atoms with E-state index in [1.165, 1.54) is 36.4 Å². The van der Waals surface area contributed by atoms with Gasteiger partial charge in [0.2, 0.25) is 0 Å². The molecule has 2 heterocycles. The maximum absolute atomic E-state index is 12.1. The van der Waals surface area contributed by atoms with Crippen molar-refractivity contribution in [3.63, 3.8) is 0 Å². The van der Waals surface area contributed by atoms with Gasteiger partial charge in [0, 0.05) is 27.7 Å². The summed E-state index contributed by atoms with van der Waals surface area (Å²) in [5, 5.41) is 9.43. The van der Waals surface area contributed by atoms with Crippen LogP contribution in [0.3, 0.4) is 0 Å². The molecule has 2 aromatic rings.